The molecule has 0 amide bonds. The molecule has 2 aromatic rings. The van der Waals surface area contributed by atoms with Crippen LogP contribution < -0.4 is 10.2 Å². The van der Waals surface area contributed by atoms with Crippen molar-refractivity contribution in [2.45, 2.75) is 26.3 Å². The van der Waals surface area contributed by atoms with Crippen LogP contribution in [0.2, 0.25) is 0 Å². The highest BCUT2D eigenvalue weighted by Gasteiger charge is 2.04. The monoisotopic (exact) mass is 284 g/mol. The van der Waals surface area contributed by atoms with Gasteiger partial charge >= 0.3 is 0 Å². The van der Waals surface area contributed by atoms with Crippen LogP contribution in [0, 0.1) is 0 Å². The molecule has 112 valence electrons. The fourth-order valence-corrected chi connectivity index (χ4v) is 2.10. The van der Waals surface area contributed by atoms with Crippen LogP contribution in [-0.4, -0.2) is 30.3 Å². The van der Waals surface area contributed by atoms with Gasteiger partial charge < -0.3 is 10.2 Å². The van der Waals surface area contributed by atoms with Crippen molar-refractivity contribution in [2.24, 2.45) is 0 Å². The van der Waals surface area contributed by atoms with Gasteiger partial charge in [0.2, 0.25) is 0 Å². The molecular formula is C17H24N4. The summed E-state index contributed by atoms with van der Waals surface area (Å²) in [5.41, 5.74) is 2.33. The molecule has 0 saturated carbocycles. The minimum Gasteiger partial charge on any atom is -0.358 e. The van der Waals surface area contributed by atoms with Crippen LogP contribution in [0.3, 0.4) is 0 Å². The zero-order valence-electron chi connectivity index (χ0n) is 12.9. The van der Waals surface area contributed by atoms with Crippen LogP contribution in [0.5, 0.6) is 0 Å². The zero-order valence-corrected chi connectivity index (χ0v) is 12.9. The molecule has 1 aromatic carbocycles. The summed E-state index contributed by atoms with van der Waals surface area (Å²) in [6.45, 7) is 4.89. The Bertz CT molecular complexity index is 510. The van der Waals surface area contributed by atoms with E-state index >= 15 is 0 Å². The van der Waals surface area contributed by atoms with E-state index in [1.807, 2.05) is 18.2 Å². The summed E-state index contributed by atoms with van der Waals surface area (Å²) in [5.74, 6) is 0.921. The molecule has 0 aliphatic rings. The molecule has 21 heavy (non-hydrogen) atoms. The number of anilines is 1. The molecule has 1 aromatic heterocycles. The molecule has 4 nitrogen and oxygen atoms in total. The highest BCUT2D eigenvalue weighted by Crippen LogP contribution is 2.09. The van der Waals surface area contributed by atoms with E-state index < -0.39 is 0 Å². The molecule has 1 N–H and O–H groups in total. The molecule has 0 spiro atoms. The van der Waals surface area contributed by atoms with E-state index in [0.29, 0.717) is 0 Å². The number of nitrogens with one attached hydrogen (secondary N) is 1. The lowest BCUT2D eigenvalue weighted by Gasteiger charge is -2.17. The predicted molar refractivity (Wildman–Crippen MR) is 87.4 cm³/mol. The number of nitrogens with zero attached hydrogens (tertiary/aromatic N) is 3. The van der Waals surface area contributed by atoms with Crippen molar-refractivity contribution in [3.8, 4) is 0 Å². The van der Waals surface area contributed by atoms with Gasteiger partial charge in [-0.05, 0) is 37.1 Å². The van der Waals surface area contributed by atoms with Gasteiger partial charge in [0, 0.05) is 20.1 Å². The lowest BCUT2D eigenvalue weighted by molar-refractivity contribution is 0.656. The molecule has 0 atom stereocenters. The Morgan fingerprint density at radius 2 is 1.86 bits per heavy atom. The summed E-state index contributed by atoms with van der Waals surface area (Å²) < 4.78 is 0. The molecule has 2 rings (SSSR count). The Kier molecular flexibility index (Phi) is 6.16. The average molecular weight is 284 g/mol. The standard InChI is InChI=1S/C17H24N4/c1-3-12-18-14-16-9-10-17(20-19-16)21(2)13-11-15-7-5-4-6-8-15/h4-10,18H,3,11-14H2,1-2H3. The first kappa shape index (κ1) is 15.4. The summed E-state index contributed by atoms with van der Waals surface area (Å²) in [6, 6.07) is 14.6. The quantitative estimate of drug-likeness (QED) is 0.757. The Morgan fingerprint density at radius 1 is 1.05 bits per heavy atom. The van der Waals surface area contributed by atoms with Gasteiger partial charge in [0.05, 0.1) is 5.69 Å². The molecule has 0 bridgehead atoms. The SMILES string of the molecule is CCCNCc1ccc(N(C)CCc2ccccc2)nn1. The molecule has 0 saturated heterocycles. The van der Waals surface area contributed by atoms with Crippen LogP contribution in [0.15, 0.2) is 42.5 Å². The van der Waals surface area contributed by atoms with Crippen molar-refractivity contribution in [3.05, 3.63) is 53.7 Å². The normalized spacial score (nSPS) is 10.6. The van der Waals surface area contributed by atoms with Crippen molar-refractivity contribution >= 4 is 5.82 Å². The largest absolute Gasteiger partial charge is 0.358 e. The number of rotatable bonds is 8. The summed E-state index contributed by atoms with van der Waals surface area (Å²) >= 11 is 0. The molecule has 1 heterocycles. The summed E-state index contributed by atoms with van der Waals surface area (Å²) in [6.07, 6.45) is 2.15. The van der Waals surface area contributed by atoms with Crippen molar-refractivity contribution < 1.29 is 0 Å². The third-order valence-electron chi connectivity index (χ3n) is 3.41. The van der Waals surface area contributed by atoms with E-state index in [9.17, 15) is 0 Å². The number of benzene rings is 1. The van der Waals surface area contributed by atoms with Gasteiger partial charge in [-0.3, -0.25) is 0 Å². The van der Waals surface area contributed by atoms with Gasteiger partial charge in [-0.25, -0.2) is 0 Å². The third-order valence-corrected chi connectivity index (χ3v) is 3.41. The molecule has 0 aliphatic heterocycles. The van der Waals surface area contributed by atoms with Crippen molar-refractivity contribution in [2.75, 3.05) is 25.0 Å². The first-order chi connectivity index (χ1) is 10.3. The molecule has 0 fully saturated rings. The third kappa shape index (κ3) is 5.16. The maximum absolute atomic E-state index is 4.31. The first-order valence-electron chi connectivity index (χ1n) is 7.58. The molecule has 0 unspecified atom stereocenters. The maximum Gasteiger partial charge on any atom is 0.150 e. The average Bonchev–Trinajstić information content (AvgIpc) is 2.54. The van der Waals surface area contributed by atoms with Gasteiger partial charge in [0.1, 0.15) is 0 Å². The number of likely N-dealkylation sites (N-methyl/N-ethyl adjacent to an activating group) is 1. The van der Waals surface area contributed by atoms with Gasteiger partial charge in [0.15, 0.2) is 5.82 Å². The second-order valence-corrected chi connectivity index (χ2v) is 5.22. The molecule has 0 radical (unpaired) electrons. The minimum atomic E-state index is 0.787. The lowest BCUT2D eigenvalue weighted by atomic mass is 10.1. The van der Waals surface area contributed by atoms with Gasteiger partial charge in [-0.15, -0.1) is 5.10 Å². The minimum absolute atomic E-state index is 0.787. The van der Waals surface area contributed by atoms with Gasteiger partial charge in [-0.2, -0.15) is 5.10 Å². The highest BCUT2D eigenvalue weighted by atomic mass is 15.2. The zero-order chi connectivity index (χ0) is 14.9. The Labute approximate surface area is 127 Å². The van der Waals surface area contributed by atoms with E-state index in [-0.39, 0.29) is 0 Å². The van der Waals surface area contributed by atoms with E-state index in [2.05, 4.69) is 58.7 Å². The number of aromatic nitrogens is 2. The summed E-state index contributed by atoms with van der Waals surface area (Å²) in [7, 11) is 2.06. The van der Waals surface area contributed by atoms with E-state index in [4.69, 9.17) is 0 Å². The summed E-state index contributed by atoms with van der Waals surface area (Å²) in [5, 5.41) is 11.9. The van der Waals surface area contributed by atoms with Crippen LogP contribution in [-0.2, 0) is 13.0 Å². The highest BCUT2D eigenvalue weighted by molar-refractivity contribution is 5.36. The van der Waals surface area contributed by atoms with Gasteiger partial charge in [0.25, 0.3) is 0 Å². The molecule has 0 aliphatic carbocycles. The predicted octanol–water partition coefficient (Wildman–Crippen LogP) is 2.66. The van der Waals surface area contributed by atoms with E-state index in [1.165, 1.54) is 5.56 Å². The lowest BCUT2D eigenvalue weighted by Crippen LogP contribution is -2.22. The fraction of sp³-hybridized carbons (Fsp3) is 0.412. The van der Waals surface area contributed by atoms with E-state index in [1.54, 1.807) is 0 Å². The maximum atomic E-state index is 4.31. The Balaban J connectivity index is 1.83. The van der Waals surface area contributed by atoms with E-state index in [0.717, 1.165) is 44.0 Å². The Hall–Kier alpha value is -1.94. The van der Waals surface area contributed by atoms with Crippen LogP contribution in [0.1, 0.15) is 24.6 Å². The van der Waals surface area contributed by atoms with Crippen molar-refractivity contribution in [3.63, 3.8) is 0 Å². The fourth-order valence-electron chi connectivity index (χ4n) is 2.10. The second kappa shape index (κ2) is 8.37. The molecule has 4 heteroatoms. The topological polar surface area (TPSA) is 41.0 Å². The van der Waals surface area contributed by atoms with Crippen LogP contribution in [0.25, 0.3) is 0 Å². The van der Waals surface area contributed by atoms with Crippen LogP contribution >= 0.6 is 0 Å². The first-order valence-corrected chi connectivity index (χ1v) is 7.58. The summed E-state index contributed by atoms with van der Waals surface area (Å²) in [4.78, 5) is 2.14. The Morgan fingerprint density at radius 3 is 2.52 bits per heavy atom. The van der Waals surface area contributed by atoms with Gasteiger partial charge in [-0.1, -0.05) is 37.3 Å². The van der Waals surface area contributed by atoms with Crippen molar-refractivity contribution in [1.82, 2.24) is 15.5 Å². The number of hydrogen-bond acceptors (Lipinski definition) is 4. The number of hydrogen-bond donors (Lipinski definition) is 1. The second-order valence-electron chi connectivity index (χ2n) is 5.22. The van der Waals surface area contributed by atoms with Crippen molar-refractivity contribution in [1.29, 1.82) is 0 Å². The molecular weight excluding hydrogens is 260 g/mol. The van der Waals surface area contributed by atoms with Crippen LogP contribution in [0.4, 0.5) is 5.82 Å². The smallest absolute Gasteiger partial charge is 0.150 e.